The lowest BCUT2D eigenvalue weighted by Gasteiger charge is -2.10. The van der Waals surface area contributed by atoms with Gasteiger partial charge in [-0.15, -0.1) is 0 Å². The van der Waals surface area contributed by atoms with Crippen molar-refractivity contribution in [1.82, 2.24) is 14.8 Å². The highest BCUT2D eigenvalue weighted by atomic mass is 35.5. The molecule has 0 spiro atoms. The molecule has 0 radical (unpaired) electrons. The Balaban J connectivity index is 1.81. The van der Waals surface area contributed by atoms with E-state index in [4.69, 9.17) is 16.3 Å². The lowest BCUT2D eigenvalue weighted by atomic mass is 10.2. The summed E-state index contributed by atoms with van der Waals surface area (Å²) in [5.41, 5.74) is 1.67. The van der Waals surface area contributed by atoms with Gasteiger partial charge in [0, 0.05) is 12.3 Å². The van der Waals surface area contributed by atoms with E-state index in [2.05, 4.69) is 10.1 Å². The quantitative estimate of drug-likeness (QED) is 0.731. The SMILES string of the molecule is Cc1cccnc1-n1nccc1OCc1ccc(Cl)c(F)c1. The molecular formula is C16H13ClFN3O. The lowest BCUT2D eigenvalue weighted by molar-refractivity contribution is 0.283. The molecule has 0 bridgehead atoms. The first-order chi connectivity index (χ1) is 10.6. The van der Waals surface area contributed by atoms with E-state index < -0.39 is 5.82 Å². The number of halogens is 2. The first-order valence-corrected chi connectivity index (χ1v) is 7.05. The van der Waals surface area contributed by atoms with Gasteiger partial charge in [0.25, 0.3) is 0 Å². The van der Waals surface area contributed by atoms with Crippen LogP contribution in [-0.2, 0) is 6.61 Å². The van der Waals surface area contributed by atoms with Crippen LogP contribution in [0.25, 0.3) is 5.82 Å². The summed E-state index contributed by atoms with van der Waals surface area (Å²) in [5.74, 6) is 0.777. The second-order valence-corrected chi connectivity index (χ2v) is 5.17. The van der Waals surface area contributed by atoms with E-state index in [9.17, 15) is 4.39 Å². The number of pyridine rings is 1. The van der Waals surface area contributed by atoms with Crippen LogP contribution < -0.4 is 4.74 Å². The zero-order chi connectivity index (χ0) is 15.5. The Bertz CT molecular complexity index is 804. The van der Waals surface area contributed by atoms with Crippen LogP contribution in [0.1, 0.15) is 11.1 Å². The summed E-state index contributed by atoms with van der Waals surface area (Å²) in [6, 6.07) is 10.1. The van der Waals surface area contributed by atoms with E-state index in [1.165, 1.54) is 12.1 Å². The van der Waals surface area contributed by atoms with E-state index in [0.29, 0.717) is 17.3 Å². The van der Waals surface area contributed by atoms with Gasteiger partial charge in [-0.2, -0.15) is 9.78 Å². The van der Waals surface area contributed by atoms with Gasteiger partial charge in [0.05, 0.1) is 11.2 Å². The zero-order valence-electron chi connectivity index (χ0n) is 11.8. The fourth-order valence-corrected chi connectivity index (χ4v) is 2.16. The van der Waals surface area contributed by atoms with Crippen molar-refractivity contribution in [1.29, 1.82) is 0 Å². The molecule has 2 aromatic heterocycles. The molecule has 0 aliphatic rings. The molecule has 0 saturated heterocycles. The number of ether oxygens (including phenoxy) is 1. The van der Waals surface area contributed by atoms with Crippen molar-refractivity contribution in [3.8, 4) is 11.7 Å². The Hall–Kier alpha value is -2.40. The van der Waals surface area contributed by atoms with Gasteiger partial charge in [0.15, 0.2) is 5.82 Å². The van der Waals surface area contributed by atoms with Gasteiger partial charge in [-0.25, -0.2) is 9.37 Å². The number of hydrogen-bond acceptors (Lipinski definition) is 3. The number of aromatic nitrogens is 3. The standard InChI is InChI=1S/C16H13ClFN3O/c1-11-3-2-7-19-16(11)21-15(6-8-20-21)22-10-12-4-5-13(17)14(18)9-12/h2-9H,10H2,1H3. The molecule has 2 heterocycles. The predicted octanol–water partition coefficient (Wildman–Crippen LogP) is 3.95. The van der Waals surface area contributed by atoms with Gasteiger partial charge in [-0.1, -0.05) is 23.7 Å². The van der Waals surface area contributed by atoms with Crippen LogP contribution in [0.3, 0.4) is 0 Å². The van der Waals surface area contributed by atoms with Crippen LogP contribution in [0.15, 0.2) is 48.8 Å². The van der Waals surface area contributed by atoms with E-state index in [-0.39, 0.29) is 11.6 Å². The van der Waals surface area contributed by atoms with Crippen LogP contribution in [0.5, 0.6) is 5.88 Å². The molecule has 6 heteroatoms. The van der Waals surface area contributed by atoms with Crippen molar-refractivity contribution in [3.05, 3.63) is 70.8 Å². The molecule has 1 aromatic carbocycles. The summed E-state index contributed by atoms with van der Waals surface area (Å²) < 4.78 is 20.8. The molecule has 0 unspecified atom stereocenters. The minimum atomic E-state index is -0.461. The smallest absolute Gasteiger partial charge is 0.218 e. The number of aryl methyl sites for hydroxylation is 1. The molecule has 0 N–H and O–H groups in total. The van der Waals surface area contributed by atoms with Gasteiger partial charge < -0.3 is 4.74 Å². The molecule has 0 atom stereocenters. The van der Waals surface area contributed by atoms with Crippen molar-refractivity contribution < 1.29 is 9.13 Å². The summed E-state index contributed by atoms with van der Waals surface area (Å²) in [4.78, 5) is 4.31. The first-order valence-electron chi connectivity index (χ1n) is 6.68. The van der Waals surface area contributed by atoms with E-state index in [1.54, 1.807) is 29.2 Å². The second kappa shape index (κ2) is 6.15. The molecule has 22 heavy (non-hydrogen) atoms. The van der Waals surface area contributed by atoms with Crippen molar-refractivity contribution in [2.75, 3.05) is 0 Å². The van der Waals surface area contributed by atoms with E-state index in [0.717, 1.165) is 5.56 Å². The number of nitrogens with zero attached hydrogens (tertiary/aromatic N) is 3. The molecule has 0 amide bonds. The third-order valence-electron chi connectivity index (χ3n) is 3.16. The summed E-state index contributed by atoms with van der Waals surface area (Å²) >= 11 is 5.66. The largest absolute Gasteiger partial charge is 0.473 e. The molecule has 3 rings (SSSR count). The first kappa shape index (κ1) is 14.5. The maximum Gasteiger partial charge on any atom is 0.218 e. The minimum Gasteiger partial charge on any atom is -0.473 e. The van der Waals surface area contributed by atoms with Gasteiger partial charge in [0.2, 0.25) is 5.88 Å². The van der Waals surface area contributed by atoms with E-state index in [1.807, 2.05) is 19.1 Å². The van der Waals surface area contributed by atoms with Gasteiger partial charge >= 0.3 is 0 Å². The summed E-state index contributed by atoms with van der Waals surface area (Å²) in [6.07, 6.45) is 3.33. The number of rotatable bonds is 4. The Morgan fingerprint density at radius 1 is 1.23 bits per heavy atom. The third-order valence-corrected chi connectivity index (χ3v) is 3.47. The third kappa shape index (κ3) is 2.94. The predicted molar refractivity (Wildman–Crippen MR) is 81.8 cm³/mol. The molecule has 3 aromatic rings. The van der Waals surface area contributed by atoms with Crippen molar-refractivity contribution >= 4 is 11.6 Å². The Morgan fingerprint density at radius 3 is 2.86 bits per heavy atom. The Kier molecular flexibility index (Phi) is 4.06. The minimum absolute atomic E-state index is 0.0953. The number of hydrogen-bond donors (Lipinski definition) is 0. The second-order valence-electron chi connectivity index (χ2n) is 4.76. The molecule has 0 aliphatic heterocycles. The van der Waals surface area contributed by atoms with Gasteiger partial charge in [-0.3, -0.25) is 0 Å². The average Bonchev–Trinajstić information content (AvgIpc) is 2.97. The monoisotopic (exact) mass is 317 g/mol. The molecule has 0 aliphatic carbocycles. The van der Waals surface area contributed by atoms with Gasteiger partial charge in [0.1, 0.15) is 12.4 Å². The van der Waals surface area contributed by atoms with Gasteiger partial charge in [-0.05, 0) is 36.2 Å². The summed E-state index contributed by atoms with van der Waals surface area (Å²) in [7, 11) is 0. The summed E-state index contributed by atoms with van der Waals surface area (Å²) in [5, 5.41) is 4.32. The molecule has 4 nitrogen and oxygen atoms in total. The van der Waals surface area contributed by atoms with Crippen LogP contribution in [0.2, 0.25) is 5.02 Å². The van der Waals surface area contributed by atoms with Crippen LogP contribution in [0.4, 0.5) is 4.39 Å². The maximum atomic E-state index is 13.4. The average molecular weight is 318 g/mol. The highest BCUT2D eigenvalue weighted by Gasteiger charge is 2.10. The fraction of sp³-hybridized carbons (Fsp3) is 0.125. The highest BCUT2D eigenvalue weighted by Crippen LogP contribution is 2.20. The Labute approximate surface area is 132 Å². The van der Waals surface area contributed by atoms with Crippen molar-refractivity contribution in [2.24, 2.45) is 0 Å². The summed E-state index contributed by atoms with van der Waals surface area (Å²) in [6.45, 7) is 2.16. The molecule has 112 valence electrons. The molecule has 0 fully saturated rings. The Morgan fingerprint density at radius 2 is 2.09 bits per heavy atom. The van der Waals surface area contributed by atoms with Crippen molar-refractivity contribution in [2.45, 2.75) is 13.5 Å². The molecular weight excluding hydrogens is 305 g/mol. The lowest BCUT2D eigenvalue weighted by Crippen LogP contribution is -2.06. The highest BCUT2D eigenvalue weighted by molar-refractivity contribution is 6.30. The number of benzene rings is 1. The molecule has 0 saturated carbocycles. The normalized spacial score (nSPS) is 10.7. The fourth-order valence-electron chi connectivity index (χ4n) is 2.05. The maximum absolute atomic E-state index is 13.4. The van der Waals surface area contributed by atoms with Crippen LogP contribution in [-0.4, -0.2) is 14.8 Å². The van der Waals surface area contributed by atoms with Crippen LogP contribution in [0, 0.1) is 12.7 Å². The zero-order valence-corrected chi connectivity index (χ0v) is 12.6. The van der Waals surface area contributed by atoms with Crippen LogP contribution >= 0.6 is 11.6 Å². The topological polar surface area (TPSA) is 39.9 Å². The van der Waals surface area contributed by atoms with E-state index >= 15 is 0 Å². The van der Waals surface area contributed by atoms with Crippen molar-refractivity contribution in [3.63, 3.8) is 0 Å².